The second-order valence-electron chi connectivity index (χ2n) is 6.79. The molecule has 0 aliphatic rings. The van der Waals surface area contributed by atoms with Crippen LogP contribution in [0.1, 0.15) is 27.7 Å². The molecule has 0 radical (unpaired) electrons. The molecule has 6 nitrogen and oxygen atoms in total. The number of rotatable bonds is 7. The van der Waals surface area contributed by atoms with Crippen molar-refractivity contribution in [2.24, 2.45) is 0 Å². The average Bonchev–Trinajstić information content (AvgIpc) is 3.10. The number of nitrogens with zero attached hydrogens (tertiary/aromatic N) is 2. The van der Waals surface area contributed by atoms with Gasteiger partial charge in [0.1, 0.15) is 22.8 Å². The second kappa shape index (κ2) is 8.71. The van der Waals surface area contributed by atoms with E-state index in [2.05, 4.69) is 15.4 Å². The van der Waals surface area contributed by atoms with Crippen molar-refractivity contribution in [3.63, 3.8) is 0 Å². The number of likely N-dealkylation sites (N-methyl/N-ethyl adjacent to an activating group) is 1. The Labute approximate surface area is 165 Å². The van der Waals surface area contributed by atoms with E-state index in [4.69, 9.17) is 9.26 Å². The monoisotopic (exact) mass is 379 g/mol. The van der Waals surface area contributed by atoms with E-state index in [1.807, 2.05) is 68.7 Å². The molecule has 146 valence electrons. The number of hydrogen-bond donors (Lipinski definition) is 1. The van der Waals surface area contributed by atoms with Crippen LogP contribution in [0.15, 0.2) is 59.1 Å². The van der Waals surface area contributed by atoms with E-state index in [0.717, 1.165) is 16.9 Å². The van der Waals surface area contributed by atoms with Crippen LogP contribution in [0.3, 0.4) is 0 Å². The summed E-state index contributed by atoms with van der Waals surface area (Å²) < 4.78 is 10.6. The maximum atomic E-state index is 12.9. The fourth-order valence-electron chi connectivity index (χ4n) is 3.16. The molecular formula is C22H25N3O3. The van der Waals surface area contributed by atoms with Gasteiger partial charge in [0, 0.05) is 12.1 Å². The van der Waals surface area contributed by atoms with Gasteiger partial charge in [-0.05, 0) is 38.7 Å². The van der Waals surface area contributed by atoms with Crippen LogP contribution < -0.4 is 10.1 Å². The first-order valence-corrected chi connectivity index (χ1v) is 9.11. The van der Waals surface area contributed by atoms with Gasteiger partial charge < -0.3 is 19.5 Å². The molecule has 0 aliphatic heterocycles. The molecule has 0 bridgehead atoms. The highest BCUT2D eigenvalue weighted by molar-refractivity contribution is 6.00. The maximum absolute atomic E-state index is 12.9. The number of methoxy groups -OCH3 is 1. The molecule has 0 saturated carbocycles. The van der Waals surface area contributed by atoms with E-state index < -0.39 is 0 Å². The molecule has 0 spiro atoms. The summed E-state index contributed by atoms with van der Waals surface area (Å²) in [6, 6.07) is 17.4. The minimum atomic E-state index is -0.202. The Kier molecular flexibility index (Phi) is 6.11. The number of nitrogens with one attached hydrogen (secondary N) is 1. The van der Waals surface area contributed by atoms with Crippen LogP contribution in [0.4, 0.5) is 0 Å². The third kappa shape index (κ3) is 4.23. The van der Waals surface area contributed by atoms with Crippen molar-refractivity contribution in [3.05, 3.63) is 71.5 Å². The van der Waals surface area contributed by atoms with Gasteiger partial charge in [0.05, 0.1) is 13.2 Å². The van der Waals surface area contributed by atoms with Crippen molar-refractivity contribution in [1.82, 2.24) is 15.4 Å². The van der Waals surface area contributed by atoms with Crippen LogP contribution in [0.5, 0.6) is 5.75 Å². The maximum Gasteiger partial charge on any atom is 0.257 e. The Morgan fingerprint density at radius 1 is 1.18 bits per heavy atom. The largest absolute Gasteiger partial charge is 0.497 e. The number of hydrogen-bond acceptors (Lipinski definition) is 5. The quantitative estimate of drug-likeness (QED) is 0.678. The Morgan fingerprint density at radius 2 is 1.93 bits per heavy atom. The van der Waals surface area contributed by atoms with Crippen molar-refractivity contribution >= 4 is 5.91 Å². The van der Waals surface area contributed by atoms with Gasteiger partial charge in [-0.15, -0.1) is 0 Å². The van der Waals surface area contributed by atoms with Crippen LogP contribution in [-0.2, 0) is 0 Å². The minimum absolute atomic E-state index is 0.000563. The van der Waals surface area contributed by atoms with Crippen molar-refractivity contribution in [2.45, 2.75) is 13.0 Å². The molecule has 1 aromatic heterocycles. The lowest BCUT2D eigenvalue weighted by molar-refractivity contribution is 0.0941. The molecule has 3 aromatic rings. The van der Waals surface area contributed by atoms with Gasteiger partial charge in [-0.25, -0.2) is 0 Å². The number of carbonyl (C=O) groups is 1. The highest BCUT2D eigenvalue weighted by Crippen LogP contribution is 2.26. The lowest BCUT2D eigenvalue weighted by atomic mass is 10.0. The van der Waals surface area contributed by atoms with Gasteiger partial charge in [0.25, 0.3) is 5.91 Å². The fourth-order valence-corrected chi connectivity index (χ4v) is 3.16. The van der Waals surface area contributed by atoms with E-state index in [1.165, 1.54) is 0 Å². The summed E-state index contributed by atoms with van der Waals surface area (Å²) in [5, 5.41) is 7.12. The molecule has 0 aliphatic carbocycles. The van der Waals surface area contributed by atoms with Crippen LogP contribution >= 0.6 is 0 Å². The zero-order valence-corrected chi connectivity index (χ0v) is 16.6. The predicted molar refractivity (Wildman–Crippen MR) is 108 cm³/mol. The molecule has 1 atom stereocenters. The first-order chi connectivity index (χ1) is 13.5. The summed E-state index contributed by atoms with van der Waals surface area (Å²) >= 11 is 0. The molecule has 1 unspecified atom stereocenters. The lowest BCUT2D eigenvalue weighted by Gasteiger charge is -2.25. The Hall–Kier alpha value is -3.12. The molecule has 0 saturated heterocycles. The first-order valence-electron chi connectivity index (χ1n) is 9.11. The van der Waals surface area contributed by atoms with E-state index in [1.54, 1.807) is 14.0 Å². The lowest BCUT2D eigenvalue weighted by Crippen LogP contribution is -2.34. The Balaban J connectivity index is 1.80. The normalized spacial score (nSPS) is 12.0. The number of benzene rings is 2. The minimum Gasteiger partial charge on any atom is -0.497 e. The summed E-state index contributed by atoms with van der Waals surface area (Å²) in [5.74, 6) is 1.09. The Bertz CT molecular complexity index is 935. The summed E-state index contributed by atoms with van der Waals surface area (Å²) in [6.45, 7) is 2.19. The van der Waals surface area contributed by atoms with Crippen molar-refractivity contribution in [1.29, 1.82) is 0 Å². The van der Waals surface area contributed by atoms with Crippen LogP contribution in [-0.4, -0.2) is 43.7 Å². The van der Waals surface area contributed by atoms with Crippen LogP contribution in [0, 0.1) is 6.92 Å². The molecule has 1 N–H and O–H groups in total. The number of ether oxygens (including phenoxy) is 1. The molecule has 1 heterocycles. The zero-order chi connectivity index (χ0) is 20.1. The number of aryl methyl sites for hydroxylation is 1. The van der Waals surface area contributed by atoms with Crippen molar-refractivity contribution in [3.8, 4) is 17.0 Å². The van der Waals surface area contributed by atoms with E-state index in [0.29, 0.717) is 23.6 Å². The summed E-state index contributed by atoms with van der Waals surface area (Å²) in [4.78, 5) is 15.0. The van der Waals surface area contributed by atoms with Gasteiger partial charge in [-0.1, -0.05) is 47.6 Å². The Morgan fingerprint density at radius 3 is 2.61 bits per heavy atom. The van der Waals surface area contributed by atoms with Gasteiger partial charge in [-0.3, -0.25) is 4.79 Å². The van der Waals surface area contributed by atoms with Gasteiger partial charge in [-0.2, -0.15) is 0 Å². The van der Waals surface area contributed by atoms with Gasteiger partial charge >= 0.3 is 0 Å². The standard InChI is InChI=1S/C22H25N3O3/c1-15-20(21(24-28-15)16-9-6-5-7-10-16)22(26)23-14-19(25(2)3)17-11-8-12-18(13-17)27-4/h5-13,19H,14H2,1-4H3,(H,23,26). The predicted octanol–water partition coefficient (Wildman–Crippen LogP) is 3.69. The van der Waals surface area contributed by atoms with E-state index in [9.17, 15) is 4.79 Å². The fraction of sp³-hybridized carbons (Fsp3) is 0.273. The number of carbonyl (C=O) groups excluding carboxylic acids is 1. The van der Waals surface area contributed by atoms with Crippen LogP contribution in [0.2, 0.25) is 0 Å². The molecule has 3 rings (SSSR count). The van der Waals surface area contributed by atoms with E-state index in [-0.39, 0.29) is 11.9 Å². The highest BCUT2D eigenvalue weighted by atomic mass is 16.5. The van der Waals surface area contributed by atoms with E-state index >= 15 is 0 Å². The molecule has 0 fully saturated rings. The van der Waals surface area contributed by atoms with Gasteiger partial charge in [0.2, 0.25) is 0 Å². The molecule has 28 heavy (non-hydrogen) atoms. The summed E-state index contributed by atoms with van der Waals surface area (Å²) in [6.07, 6.45) is 0. The van der Waals surface area contributed by atoms with Gasteiger partial charge in [0.15, 0.2) is 0 Å². The first kappa shape index (κ1) is 19.6. The smallest absolute Gasteiger partial charge is 0.257 e. The summed E-state index contributed by atoms with van der Waals surface area (Å²) in [7, 11) is 5.61. The molecule has 1 amide bonds. The van der Waals surface area contributed by atoms with Crippen LogP contribution in [0.25, 0.3) is 11.3 Å². The topological polar surface area (TPSA) is 67.6 Å². The third-order valence-electron chi connectivity index (χ3n) is 4.69. The third-order valence-corrected chi connectivity index (χ3v) is 4.69. The SMILES string of the molecule is COc1cccc(C(CNC(=O)c2c(-c3ccccc3)noc2C)N(C)C)c1. The zero-order valence-electron chi connectivity index (χ0n) is 16.6. The molecule has 2 aromatic carbocycles. The second-order valence-corrected chi connectivity index (χ2v) is 6.79. The number of amides is 1. The highest BCUT2D eigenvalue weighted by Gasteiger charge is 2.23. The van der Waals surface area contributed by atoms with Crippen molar-refractivity contribution in [2.75, 3.05) is 27.7 Å². The van der Waals surface area contributed by atoms with Crippen molar-refractivity contribution < 1.29 is 14.1 Å². The average molecular weight is 379 g/mol. The molecule has 6 heteroatoms. The number of aromatic nitrogens is 1. The molecular weight excluding hydrogens is 354 g/mol. The summed E-state index contributed by atoms with van der Waals surface area (Å²) in [5.41, 5.74) is 2.93.